The summed E-state index contributed by atoms with van der Waals surface area (Å²) in [6.45, 7) is 2.35. The van der Waals surface area contributed by atoms with Gasteiger partial charge in [0.05, 0.1) is 7.11 Å². The maximum absolute atomic E-state index is 12.7. The third-order valence-electron chi connectivity index (χ3n) is 4.04. The molecule has 0 N–H and O–H groups in total. The summed E-state index contributed by atoms with van der Waals surface area (Å²) in [5.41, 5.74) is 1.49. The second-order valence-corrected chi connectivity index (χ2v) is 7.08. The number of ether oxygens (including phenoxy) is 2. The number of hydrogen-bond donors (Lipinski definition) is 0. The molecule has 2 aromatic carbocycles. The number of aromatic nitrogens is 2. The molecule has 0 aliphatic heterocycles. The van der Waals surface area contributed by atoms with Crippen LogP contribution in [0.2, 0.25) is 0 Å². The summed E-state index contributed by atoms with van der Waals surface area (Å²) in [4.78, 5) is 18.4. The maximum atomic E-state index is 12.7. The first-order valence-electron chi connectivity index (χ1n) is 8.56. The Balaban J connectivity index is 1.63. The van der Waals surface area contributed by atoms with Gasteiger partial charge >= 0.3 is 0 Å². The van der Waals surface area contributed by atoms with E-state index in [9.17, 15) is 4.79 Å². The van der Waals surface area contributed by atoms with Gasteiger partial charge in [0.2, 0.25) is 11.7 Å². The van der Waals surface area contributed by atoms with Gasteiger partial charge in [-0.15, -0.1) is 0 Å². The van der Waals surface area contributed by atoms with E-state index in [1.807, 2.05) is 18.2 Å². The lowest BCUT2D eigenvalue weighted by Crippen LogP contribution is -2.26. The van der Waals surface area contributed by atoms with E-state index in [0.29, 0.717) is 29.6 Å². The molecule has 0 aliphatic carbocycles. The molecule has 0 radical (unpaired) electrons. The maximum Gasteiger partial charge on any atom is 0.253 e. The average Bonchev–Trinajstić information content (AvgIpc) is 3.11. The van der Waals surface area contributed by atoms with Crippen LogP contribution in [0.4, 0.5) is 0 Å². The Morgan fingerprint density at radius 2 is 1.96 bits per heavy atom. The van der Waals surface area contributed by atoms with E-state index in [-0.39, 0.29) is 12.5 Å². The number of halogens is 1. The summed E-state index contributed by atoms with van der Waals surface area (Å²) in [6.07, 6.45) is 0. The minimum atomic E-state index is -0.0950. The van der Waals surface area contributed by atoms with Crippen molar-refractivity contribution in [2.45, 2.75) is 20.1 Å². The number of methoxy groups -OCH3 is 1. The van der Waals surface area contributed by atoms with Crippen molar-refractivity contribution in [2.75, 3.05) is 14.2 Å². The topological polar surface area (TPSA) is 77.7 Å². The van der Waals surface area contributed by atoms with Gasteiger partial charge in [0.25, 0.3) is 5.91 Å². The van der Waals surface area contributed by atoms with Crippen LogP contribution >= 0.6 is 15.9 Å². The number of hydrogen-bond acceptors (Lipinski definition) is 6. The fraction of sp³-hybridized carbons (Fsp3) is 0.250. The number of amides is 1. The minimum absolute atomic E-state index is 0.0950. The van der Waals surface area contributed by atoms with E-state index in [1.165, 1.54) is 0 Å². The molecule has 1 aromatic heterocycles. The number of nitrogens with zero attached hydrogens (tertiary/aromatic N) is 3. The van der Waals surface area contributed by atoms with Crippen molar-refractivity contribution >= 4 is 21.8 Å². The van der Waals surface area contributed by atoms with Crippen LogP contribution in [0.25, 0.3) is 0 Å². The van der Waals surface area contributed by atoms with Crippen LogP contribution in [0.3, 0.4) is 0 Å². The Kier molecular flexibility index (Phi) is 6.30. The Hall–Kier alpha value is -2.87. The van der Waals surface area contributed by atoms with Gasteiger partial charge in [-0.3, -0.25) is 4.79 Å². The highest BCUT2D eigenvalue weighted by molar-refractivity contribution is 9.10. The Labute approximate surface area is 171 Å². The molecule has 1 amide bonds. The largest absolute Gasteiger partial charge is 0.496 e. The third-order valence-corrected chi connectivity index (χ3v) is 4.53. The van der Waals surface area contributed by atoms with Crippen molar-refractivity contribution in [3.05, 3.63) is 69.8 Å². The molecule has 0 unspecified atom stereocenters. The molecule has 0 aliphatic rings. The van der Waals surface area contributed by atoms with Crippen molar-refractivity contribution < 1.29 is 18.8 Å². The predicted molar refractivity (Wildman–Crippen MR) is 106 cm³/mol. The van der Waals surface area contributed by atoms with Gasteiger partial charge < -0.3 is 18.9 Å². The Bertz CT molecular complexity index is 956. The molecule has 0 saturated carbocycles. The minimum Gasteiger partial charge on any atom is -0.496 e. The summed E-state index contributed by atoms with van der Waals surface area (Å²) in [5, 5.41) is 3.77. The van der Waals surface area contributed by atoms with Crippen LogP contribution in [0, 0.1) is 6.92 Å². The second-order valence-electron chi connectivity index (χ2n) is 6.16. The smallest absolute Gasteiger partial charge is 0.253 e. The molecule has 1 heterocycles. The van der Waals surface area contributed by atoms with Gasteiger partial charge in [0.1, 0.15) is 11.5 Å². The van der Waals surface area contributed by atoms with E-state index in [2.05, 4.69) is 26.1 Å². The molecule has 146 valence electrons. The highest BCUT2D eigenvalue weighted by Crippen LogP contribution is 2.24. The molecule has 0 saturated heterocycles. The van der Waals surface area contributed by atoms with Gasteiger partial charge in [0, 0.05) is 36.1 Å². The average molecular weight is 446 g/mol. The monoisotopic (exact) mass is 445 g/mol. The van der Waals surface area contributed by atoms with Gasteiger partial charge in [-0.25, -0.2) is 0 Å². The Morgan fingerprint density at radius 3 is 2.61 bits per heavy atom. The molecule has 0 spiro atoms. The van der Waals surface area contributed by atoms with E-state index in [0.717, 1.165) is 15.8 Å². The van der Waals surface area contributed by atoms with Crippen LogP contribution in [0.5, 0.6) is 11.5 Å². The van der Waals surface area contributed by atoms with Gasteiger partial charge in [0.15, 0.2) is 6.61 Å². The van der Waals surface area contributed by atoms with Crippen molar-refractivity contribution in [2.24, 2.45) is 0 Å². The standard InChI is InChI=1S/C20H20BrN3O4/c1-13-22-19(23-28-13)12-27-17-7-4-14(5-8-17)20(25)24(2)11-15-10-16(21)6-9-18(15)26-3/h4-10H,11-12H2,1-3H3. The zero-order valence-corrected chi connectivity index (χ0v) is 17.4. The summed E-state index contributed by atoms with van der Waals surface area (Å²) >= 11 is 3.45. The lowest BCUT2D eigenvalue weighted by atomic mass is 10.1. The molecule has 3 aromatic rings. The molecule has 28 heavy (non-hydrogen) atoms. The quantitative estimate of drug-likeness (QED) is 0.546. The lowest BCUT2D eigenvalue weighted by Gasteiger charge is -2.19. The molecular weight excluding hydrogens is 426 g/mol. The van der Waals surface area contributed by atoms with Crippen LogP contribution < -0.4 is 9.47 Å². The zero-order chi connectivity index (χ0) is 20.1. The highest BCUT2D eigenvalue weighted by Gasteiger charge is 2.15. The first-order chi connectivity index (χ1) is 13.5. The lowest BCUT2D eigenvalue weighted by molar-refractivity contribution is 0.0784. The van der Waals surface area contributed by atoms with Crippen molar-refractivity contribution in [1.29, 1.82) is 0 Å². The van der Waals surface area contributed by atoms with Crippen LogP contribution in [-0.4, -0.2) is 35.1 Å². The van der Waals surface area contributed by atoms with Crippen LogP contribution in [-0.2, 0) is 13.2 Å². The fourth-order valence-electron chi connectivity index (χ4n) is 2.66. The molecular formula is C20H20BrN3O4. The fourth-order valence-corrected chi connectivity index (χ4v) is 3.07. The van der Waals surface area contributed by atoms with E-state index in [4.69, 9.17) is 14.0 Å². The number of rotatable bonds is 7. The van der Waals surface area contributed by atoms with Crippen LogP contribution in [0.1, 0.15) is 27.6 Å². The SMILES string of the molecule is COc1ccc(Br)cc1CN(C)C(=O)c1ccc(OCc2noc(C)n2)cc1. The van der Waals surface area contributed by atoms with Gasteiger partial charge in [-0.1, -0.05) is 21.1 Å². The Morgan fingerprint density at radius 1 is 1.21 bits per heavy atom. The van der Waals surface area contributed by atoms with Crippen molar-refractivity contribution in [3.8, 4) is 11.5 Å². The molecule has 0 fully saturated rings. The van der Waals surface area contributed by atoms with E-state index < -0.39 is 0 Å². The second kappa shape index (κ2) is 8.88. The van der Waals surface area contributed by atoms with Crippen molar-refractivity contribution in [3.63, 3.8) is 0 Å². The normalized spacial score (nSPS) is 10.6. The van der Waals surface area contributed by atoms with E-state index >= 15 is 0 Å². The number of carbonyl (C=O) groups excluding carboxylic acids is 1. The zero-order valence-electron chi connectivity index (χ0n) is 15.8. The number of carbonyl (C=O) groups is 1. The summed E-state index contributed by atoms with van der Waals surface area (Å²) < 4.78 is 16.8. The molecule has 0 bridgehead atoms. The summed E-state index contributed by atoms with van der Waals surface area (Å²) in [6, 6.07) is 12.7. The molecule has 8 heteroatoms. The predicted octanol–water partition coefficient (Wildman–Crippen LogP) is 4.00. The van der Waals surface area contributed by atoms with E-state index in [1.54, 1.807) is 50.2 Å². The molecule has 7 nitrogen and oxygen atoms in total. The summed E-state index contributed by atoms with van der Waals surface area (Å²) in [5.74, 6) is 2.23. The first-order valence-corrected chi connectivity index (χ1v) is 9.35. The highest BCUT2D eigenvalue weighted by atomic mass is 79.9. The first kappa shape index (κ1) is 19.9. The summed E-state index contributed by atoms with van der Waals surface area (Å²) in [7, 11) is 3.37. The molecule has 3 rings (SSSR count). The van der Waals surface area contributed by atoms with Gasteiger partial charge in [-0.05, 0) is 42.5 Å². The van der Waals surface area contributed by atoms with Gasteiger partial charge in [-0.2, -0.15) is 4.98 Å². The number of benzene rings is 2. The molecule has 0 atom stereocenters. The third kappa shape index (κ3) is 4.89. The van der Waals surface area contributed by atoms with Crippen molar-refractivity contribution in [1.82, 2.24) is 15.0 Å². The van der Waals surface area contributed by atoms with Crippen LogP contribution in [0.15, 0.2) is 51.5 Å². The number of aryl methyl sites for hydroxylation is 1.